The van der Waals surface area contributed by atoms with Gasteiger partial charge in [0.15, 0.2) is 0 Å². The van der Waals surface area contributed by atoms with Crippen LogP contribution in [0.2, 0.25) is 0 Å². The average molecular weight is 423 g/mol. The lowest BCUT2D eigenvalue weighted by Crippen LogP contribution is -2.36. The van der Waals surface area contributed by atoms with Crippen LogP contribution in [0.5, 0.6) is 0 Å². The Morgan fingerprint density at radius 2 is 1.93 bits per heavy atom. The molecule has 30 heavy (non-hydrogen) atoms. The number of aryl methyl sites for hydroxylation is 1. The number of hydrogen-bond donors (Lipinski definition) is 1. The number of pyridine rings is 1. The number of ether oxygens (including phenoxy) is 1. The van der Waals surface area contributed by atoms with Gasteiger partial charge in [-0.25, -0.2) is 4.98 Å². The van der Waals surface area contributed by atoms with E-state index >= 15 is 0 Å². The molecule has 5 rings (SSSR count). The Hall–Kier alpha value is -2.64. The van der Waals surface area contributed by atoms with Crippen LogP contribution < -0.4 is 10.2 Å². The molecule has 7 heteroatoms. The molecule has 1 aliphatic carbocycles. The lowest BCUT2D eigenvalue weighted by molar-refractivity contribution is 0.0950. The fourth-order valence-corrected chi connectivity index (χ4v) is 5.56. The largest absolute Gasteiger partial charge is 0.378 e. The molecule has 1 saturated heterocycles. The molecule has 6 nitrogen and oxygen atoms in total. The van der Waals surface area contributed by atoms with Crippen molar-refractivity contribution in [2.45, 2.75) is 32.2 Å². The van der Waals surface area contributed by atoms with Gasteiger partial charge in [-0.05, 0) is 55.0 Å². The van der Waals surface area contributed by atoms with Crippen LogP contribution in [-0.4, -0.2) is 41.8 Å². The number of morpholine rings is 1. The summed E-state index contributed by atoms with van der Waals surface area (Å²) in [5.74, 6) is 0.977. The van der Waals surface area contributed by atoms with Crippen molar-refractivity contribution in [3.05, 3.63) is 64.4 Å². The van der Waals surface area contributed by atoms with Crippen LogP contribution in [0.4, 0.5) is 5.82 Å². The molecule has 1 N–H and O–H groups in total. The van der Waals surface area contributed by atoms with Crippen molar-refractivity contribution in [2.24, 2.45) is 0 Å². The summed E-state index contributed by atoms with van der Waals surface area (Å²) in [6, 6.07) is 8.09. The number of aromatic nitrogens is 2. The highest BCUT2D eigenvalue weighted by Gasteiger charge is 2.26. The first-order chi connectivity index (χ1) is 14.8. The highest BCUT2D eigenvalue weighted by molar-refractivity contribution is 7.15. The normalized spacial score (nSPS) is 16.3. The minimum atomic E-state index is 0.00959. The molecule has 156 valence electrons. The molecule has 3 aromatic rings. The first-order valence-corrected chi connectivity index (χ1v) is 11.4. The maximum absolute atomic E-state index is 13.2. The van der Waals surface area contributed by atoms with E-state index in [-0.39, 0.29) is 5.91 Å². The number of carbonyl (C=O) groups excluding carboxylic acids is 1. The van der Waals surface area contributed by atoms with E-state index in [1.54, 1.807) is 11.3 Å². The maximum Gasteiger partial charge on any atom is 0.254 e. The van der Waals surface area contributed by atoms with Crippen molar-refractivity contribution in [2.75, 3.05) is 31.2 Å². The highest BCUT2D eigenvalue weighted by atomic mass is 32.1. The predicted molar refractivity (Wildman–Crippen MR) is 119 cm³/mol. The Kier molecular flexibility index (Phi) is 5.55. The van der Waals surface area contributed by atoms with Gasteiger partial charge in [-0.3, -0.25) is 4.79 Å². The zero-order chi connectivity index (χ0) is 20.3. The minimum absolute atomic E-state index is 0.00959. The first-order valence-electron chi connectivity index (χ1n) is 10.6. The van der Waals surface area contributed by atoms with Gasteiger partial charge < -0.3 is 19.5 Å². The molecule has 0 radical (unpaired) electrons. The smallest absolute Gasteiger partial charge is 0.254 e. The van der Waals surface area contributed by atoms with E-state index in [1.165, 1.54) is 16.9 Å². The molecule has 0 unspecified atom stereocenters. The van der Waals surface area contributed by atoms with Crippen molar-refractivity contribution in [1.29, 1.82) is 0 Å². The third-order valence-electron chi connectivity index (χ3n) is 5.82. The van der Waals surface area contributed by atoms with Crippen LogP contribution in [0.25, 0.3) is 5.00 Å². The lowest BCUT2D eigenvalue weighted by Gasteiger charge is -2.27. The van der Waals surface area contributed by atoms with Gasteiger partial charge in [0.2, 0.25) is 0 Å². The molecule has 1 amide bonds. The van der Waals surface area contributed by atoms with E-state index < -0.39 is 0 Å². The molecule has 3 aromatic heterocycles. The summed E-state index contributed by atoms with van der Waals surface area (Å²) in [7, 11) is 0. The van der Waals surface area contributed by atoms with Gasteiger partial charge in [0, 0.05) is 43.1 Å². The predicted octanol–water partition coefficient (Wildman–Crippen LogP) is 3.58. The SMILES string of the molecule is O=C(NCc1ccc(N2CCOCC2)nc1)c1c(-n2cccc2)sc2c1CCCC2. The van der Waals surface area contributed by atoms with E-state index in [4.69, 9.17) is 4.74 Å². The molecule has 0 aromatic carbocycles. The summed E-state index contributed by atoms with van der Waals surface area (Å²) in [6.45, 7) is 3.70. The van der Waals surface area contributed by atoms with Crippen LogP contribution in [0.1, 0.15) is 39.2 Å². The van der Waals surface area contributed by atoms with E-state index in [2.05, 4.69) is 19.8 Å². The summed E-state index contributed by atoms with van der Waals surface area (Å²) < 4.78 is 7.47. The second-order valence-electron chi connectivity index (χ2n) is 7.79. The molecule has 0 bridgehead atoms. The Labute approximate surface area is 180 Å². The van der Waals surface area contributed by atoms with E-state index in [0.29, 0.717) is 6.54 Å². The number of fused-ring (bicyclic) bond motifs is 1. The first kappa shape index (κ1) is 19.3. The topological polar surface area (TPSA) is 59.4 Å². The molecule has 0 spiro atoms. The van der Waals surface area contributed by atoms with Gasteiger partial charge in [-0.15, -0.1) is 11.3 Å². The summed E-state index contributed by atoms with van der Waals surface area (Å²) in [4.78, 5) is 21.4. The molecular formula is C23H26N4O2S. The Morgan fingerprint density at radius 3 is 2.70 bits per heavy atom. The molecule has 0 atom stereocenters. The molecule has 2 aliphatic rings. The number of anilines is 1. The summed E-state index contributed by atoms with van der Waals surface area (Å²) >= 11 is 1.76. The van der Waals surface area contributed by atoms with Gasteiger partial charge in [-0.2, -0.15) is 0 Å². The van der Waals surface area contributed by atoms with Gasteiger partial charge in [0.25, 0.3) is 5.91 Å². The number of amides is 1. The van der Waals surface area contributed by atoms with Gasteiger partial charge in [0.05, 0.1) is 18.8 Å². The molecule has 1 aliphatic heterocycles. The van der Waals surface area contributed by atoms with Crippen LogP contribution in [0, 0.1) is 0 Å². The van der Waals surface area contributed by atoms with Crippen molar-refractivity contribution >= 4 is 23.1 Å². The number of hydrogen-bond acceptors (Lipinski definition) is 5. The van der Waals surface area contributed by atoms with E-state index in [1.807, 2.05) is 42.9 Å². The minimum Gasteiger partial charge on any atom is -0.378 e. The summed E-state index contributed by atoms with van der Waals surface area (Å²) in [5, 5.41) is 4.17. The maximum atomic E-state index is 13.2. The van der Waals surface area contributed by atoms with Crippen molar-refractivity contribution < 1.29 is 9.53 Å². The Morgan fingerprint density at radius 1 is 1.13 bits per heavy atom. The monoisotopic (exact) mass is 422 g/mol. The number of thiophene rings is 1. The highest BCUT2D eigenvalue weighted by Crippen LogP contribution is 2.36. The van der Waals surface area contributed by atoms with E-state index in [0.717, 1.165) is 67.5 Å². The fraction of sp³-hybridized carbons (Fsp3) is 0.391. The number of carbonyl (C=O) groups is 1. The molecule has 4 heterocycles. The quantitative estimate of drug-likeness (QED) is 0.683. The third kappa shape index (κ3) is 3.87. The summed E-state index contributed by atoms with van der Waals surface area (Å²) in [5.41, 5.74) is 3.10. The standard InChI is InChI=1S/C23H26N4O2S/c28-22(25-16-17-7-8-20(24-15-17)26-11-13-29-14-12-26)21-18-5-1-2-6-19(18)30-23(21)27-9-3-4-10-27/h3-4,7-10,15H,1-2,5-6,11-14,16H2,(H,25,28). The van der Waals surface area contributed by atoms with Crippen LogP contribution in [0.3, 0.4) is 0 Å². The lowest BCUT2D eigenvalue weighted by atomic mass is 9.95. The Bertz CT molecular complexity index is 1000. The second-order valence-corrected chi connectivity index (χ2v) is 8.87. The van der Waals surface area contributed by atoms with Crippen molar-refractivity contribution in [1.82, 2.24) is 14.9 Å². The zero-order valence-corrected chi connectivity index (χ0v) is 17.8. The van der Waals surface area contributed by atoms with Gasteiger partial charge >= 0.3 is 0 Å². The third-order valence-corrected chi connectivity index (χ3v) is 7.12. The number of nitrogens with zero attached hydrogens (tertiary/aromatic N) is 3. The van der Waals surface area contributed by atoms with E-state index in [9.17, 15) is 4.79 Å². The van der Waals surface area contributed by atoms with Crippen LogP contribution in [0.15, 0.2) is 42.9 Å². The van der Waals surface area contributed by atoms with Gasteiger partial charge in [-0.1, -0.05) is 6.07 Å². The van der Waals surface area contributed by atoms with Crippen molar-refractivity contribution in [3.63, 3.8) is 0 Å². The Balaban J connectivity index is 1.31. The molecule has 1 fully saturated rings. The fourth-order valence-electron chi connectivity index (χ4n) is 4.21. The average Bonchev–Trinajstić information content (AvgIpc) is 3.46. The number of rotatable bonds is 5. The van der Waals surface area contributed by atoms with Crippen LogP contribution >= 0.6 is 11.3 Å². The summed E-state index contributed by atoms with van der Waals surface area (Å²) in [6.07, 6.45) is 10.3. The number of nitrogens with one attached hydrogen (secondary N) is 1. The van der Waals surface area contributed by atoms with Crippen molar-refractivity contribution in [3.8, 4) is 5.00 Å². The molecular weight excluding hydrogens is 396 g/mol. The zero-order valence-electron chi connectivity index (χ0n) is 17.0. The second kappa shape index (κ2) is 8.62. The molecule has 0 saturated carbocycles. The van der Waals surface area contributed by atoms with Crippen LogP contribution in [-0.2, 0) is 24.1 Å². The van der Waals surface area contributed by atoms with Gasteiger partial charge in [0.1, 0.15) is 10.8 Å².